The number of hydrogen-bond acceptors (Lipinski definition) is 4. The van der Waals surface area contributed by atoms with Crippen LogP contribution < -0.4 is 5.73 Å². The van der Waals surface area contributed by atoms with Gasteiger partial charge in [-0.05, 0) is 26.3 Å². The smallest absolute Gasteiger partial charge is 0.225 e. The maximum Gasteiger partial charge on any atom is 0.225 e. The van der Waals surface area contributed by atoms with Gasteiger partial charge in [0.1, 0.15) is 0 Å². The van der Waals surface area contributed by atoms with Crippen LogP contribution in [0.25, 0.3) is 0 Å². The lowest BCUT2D eigenvalue weighted by Crippen LogP contribution is -2.41. The Morgan fingerprint density at radius 2 is 1.94 bits per heavy atom. The predicted molar refractivity (Wildman–Crippen MR) is 68.3 cm³/mol. The lowest BCUT2D eigenvalue weighted by Gasteiger charge is -2.33. The van der Waals surface area contributed by atoms with E-state index in [9.17, 15) is 0 Å². The summed E-state index contributed by atoms with van der Waals surface area (Å²) >= 11 is 0. The van der Waals surface area contributed by atoms with Crippen molar-refractivity contribution in [2.24, 2.45) is 10.7 Å². The maximum absolute atomic E-state index is 5.70. The third-order valence-corrected chi connectivity index (χ3v) is 2.63. The number of rotatable bonds is 2. The number of nitrogens with two attached hydrogens (primary N) is 1. The minimum atomic E-state index is -0.124. The van der Waals surface area contributed by atoms with Crippen molar-refractivity contribution < 1.29 is 4.84 Å². The van der Waals surface area contributed by atoms with Crippen LogP contribution in [0.5, 0.6) is 0 Å². The summed E-state index contributed by atoms with van der Waals surface area (Å²) in [5.41, 5.74) is 6.59. The van der Waals surface area contributed by atoms with Crippen LogP contribution in [0.3, 0.4) is 0 Å². The normalized spacial score (nSPS) is 21.2. The molecule has 1 atom stereocenters. The Labute approximate surface area is 102 Å². The van der Waals surface area contributed by atoms with Crippen LogP contribution in [-0.4, -0.2) is 23.0 Å². The second-order valence-electron chi connectivity index (χ2n) is 5.10. The van der Waals surface area contributed by atoms with Gasteiger partial charge in [0.25, 0.3) is 0 Å². The molecule has 1 aliphatic rings. The van der Waals surface area contributed by atoms with E-state index in [1.165, 1.54) is 0 Å². The molecule has 4 nitrogen and oxygen atoms in total. The first-order chi connectivity index (χ1) is 8.02. The second-order valence-corrected chi connectivity index (χ2v) is 5.10. The lowest BCUT2D eigenvalue weighted by atomic mass is 10.1. The molecule has 1 aliphatic heterocycles. The second kappa shape index (κ2) is 4.47. The van der Waals surface area contributed by atoms with Gasteiger partial charge in [-0.3, -0.25) is 0 Å². The molecule has 0 unspecified atom stereocenters. The van der Waals surface area contributed by atoms with Crippen LogP contribution >= 0.6 is 0 Å². The predicted octanol–water partition coefficient (Wildman–Crippen LogP) is 2.09. The molecule has 0 fully saturated rings. The molecule has 0 radical (unpaired) electrons. The summed E-state index contributed by atoms with van der Waals surface area (Å²) < 4.78 is 0. The molecule has 2 N–H and O–H groups in total. The van der Waals surface area contributed by atoms with Crippen LogP contribution in [0.15, 0.2) is 35.3 Å². The van der Waals surface area contributed by atoms with Crippen molar-refractivity contribution in [3.8, 4) is 0 Å². The topological polar surface area (TPSA) is 50.9 Å². The molecule has 0 spiro atoms. The Kier molecular flexibility index (Phi) is 3.17. The van der Waals surface area contributed by atoms with E-state index < -0.39 is 0 Å². The van der Waals surface area contributed by atoms with Gasteiger partial charge in [-0.25, -0.2) is 4.99 Å². The molecule has 92 valence electrons. The average Bonchev–Trinajstić information content (AvgIpc) is 2.74. The average molecular weight is 233 g/mol. The van der Waals surface area contributed by atoms with Gasteiger partial charge in [-0.2, -0.15) is 0 Å². The standard InChI is InChI=1S/C13H19N3O/c1-13(2,3)16-12(15-11(9-14)17-16)10-7-5-4-6-8-10/h4-8,12H,9,14H2,1-3H3/t12-/m0/s1. The quantitative estimate of drug-likeness (QED) is 0.851. The van der Waals surface area contributed by atoms with Crippen molar-refractivity contribution in [3.05, 3.63) is 35.9 Å². The number of hydroxylamine groups is 2. The number of aliphatic imine (C=N–C) groups is 1. The van der Waals surface area contributed by atoms with E-state index in [2.05, 4.69) is 37.9 Å². The zero-order valence-corrected chi connectivity index (χ0v) is 10.6. The van der Waals surface area contributed by atoms with Crippen molar-refractivity contribution >= 4 is 5.90 Å². The molecular weight excluding hydrogens is 214 g/mol. The summed E-state index contributed by atoms with van der Waals surface area (Å²) in [6.45, 7) is 6.61. The van der Waals surface area contributed by atoms with Crippen LogP contribution in [0, 0.1) is 0 Å². The van der Waals surface area contributed by atoms with E-state index in [0.717, 1.165) is 5.56 Å². The van der Waals surface area contributed by atoms with Gasteiger partial charge in [0.05, 0.1) is 12.1 Å². The maximum atomic E-state index is 5.70. The monoisotopic (exact) mass is 233 g/mol. The van der Waals surface area contributed by atoms with Crippen molar-refractivity contribution in [3.63, 3.8) is 0 Å². The molecule has 0 saturated carbocycles. The van der Waals surface area contributed by atoms with Crippen LogP contribution in [0.4, 0.5) is 0 Å². The van der Waals surface area contributed by atoms with Gasteiger partial charge in [-0.1, -0.05) is 30.3 Å². The lowest BCUT2D eigenvalue weighted by molar-refractivity contribution is -0.151. The minimum Gasteiger partial charge on any atom is -0.386 e. The van der Waals surface area contributed by atoms with Crippen LogP contribution in [-0.2, 0) is 4.84 Å². The summed E-state index contributed by atoms with van der Waals surface area (Å²) in [7, 11) is 0. The van der Waals surface area contributed by atoms with Crippen LogP contribution in [0.2, 0.25) is 0 Å². The highest BCUT2D eigenvalue weighted by Gasteiger charge is 2.37. The largest absolute Gasteiger partial charge is 0.386 e. The Hall–Kier alpha value is -1.39. The summed E-state index contributed by atoms with van der Waals surface area (Å²) in [4.78, 5) is 10.2. The van der Waals surface area contributed by atoms with Crippen molar-refractivity contribution in [2.45, 2.75) is 32.5 Å². The molecule has 1 aromatic carbocycles. The van der Waals surface area contributed by atoms with E-state index in [1.54, 1.807) is 0 Å². The summed E-state index contributed by atoms with van der Waals surface area (Å²) in [6, 6.07) is 10.1. The zero-order chi connectivity index (χ0) is 12.5. The molecule has 0 aromatic heterocycles. The molecule has 2 rings (SSSR count). The summed E-state index contributed by atoms with van der Waals surface area (Å²) in [5, 5.41) is 1.89. The fourth-order valence-corrected chi connectivity index (χ4v) is 1.80. The fraction of sp³-hybridized carbons (Fsp3) is 0.462. The van der Waals surface area contributed by atoms with Gasteiger partial charge in [0.2, 0.25) is 5.90 Å². The highest BCUT2D eigenvalue weighted by Crippen LogP contribution is 2.33. The van der Waals surface area contributed by atoms with E-state index in [4.69, 9.17) is 10.6 Å². The van der Waals surface area contributed by atoms with Crippen LogP contribution in [0.1, 0.15) is 32.5 Å². The van der Waals surface area contributed by atoms with Gasteiger partial charge >= 0.3 is 0 Å². The Balaban J connectivity index is 2.32. The first-order valence-electron chi connectivity index (χ1n) is 5.81. The molecule has 0 aliphatic carbocycles. The van der Waals surface area contributed by atoms with Gasteiger partial charge in [0.15, 0.2) is 6.17 Å². The molecule has 4 heteroatoms. The SMILES string of the molecule is CC(C)(C)N1OC(CN)=N[C@@H]1c1ccccc1. The van der Waals surface area contributed by atoms with Crippen molar-refractivity contribution in [2.75, 3.05) is 6.54 Å². The van der Waals surface area contributed by atoms with Crippen molar-refractivity contribution in [1.82, 2.24) is 5.06 Å². The van der Waals surface area contributed by atoms with E-state index >= 15 is 0 Å². The molecule has 1 aromatic rings. The van der Waals surface area contributed by atoms with Crippen molar-refractivity contribution in [1.29, 1.82) is 0 Å². The number of hydrogen-bond donors (Lipinski definition) is 1. The summed E-state index contributed by atoms with van der Waals surface area (Å²) in [5.74, 6) is 0.591. The Morgan fingerprint density at radius 3 is 2.47 bits per heavy atom. The Bertz CT molecular complexity index is 408. The first kappa shape index (κ1) is 12.1. The van der Waals surface area contributed by atoms with Gasteiger partial charge in [0, 0.05) is 0 Å². The third-order valence-electron chi connectivity index (χ3n) is 2.63. The highest BCUT2D eigenvalue weighted by atomic mass is 16.7. The minimum absolute atomic E-state index is 0.102. The van der Waals surface area contributed by atoms with E-state index in [1.807, 2.05) is 23.3 Å². The number of nitrogens with zero attached hydrogens (tertiary/aromatic N) is 2. The number of benzene rings is 1. The first-order valence-corrected chi connectivity index (χ1v) is 5.81. The highest BCUT2D eigenvalue weighted by molar-refractivity contribution is 5.79. The molecule has 1 heterocycles. The zero-order valence-electron chi connectivity index (χ0n) is 10.6. The Morgan fingerprint density at radius 1 is 1.29 bits per heavy atom. The van der Waals surface area contributed by atoms with E-state index in [0.29, 0.717) is 12.4 Å². The molecule has 0 bridgehead atoms. The van der Waals surface area contributed by atoms with Gasteiger partial charge in [-0.15, -0.1) is 5.06 Å². The van der Waals surface area contributed by atoms with E-state index in [-0.39, 0.29) is 11.7 Å². The fourth-order valence-electron chi connectivity index (χ4n) is 1.80. The molecular formula is C13H19N3O. The van der Waals surface area contributed by atoms with Gasteiger partial charge < -0.3 is 10.6 Å². The molecule has 0 saturated heterocycles. The third kappa shape index (κ3) is 2.48. The summed E-state index contributed by atoms with van der Waals surface area (Å²) in [6.07, 6.45) is -0.102. The molecule has 0 amide bonds. The molecule has 17 heavy (non-hydrogen) atoms.